The van der Waals surface area contributed by atoms with Gasteiger partial charge in [-0.1, -0.05) is 24.3 Å². The number of nitrogens with one attached hydrogen (secondary N) is 1. The van der Waals surface area contributed by atoms with Crippen molar-refractivity contribution in [3.8, 4) is 0 Å². The van der Waals surface area contributed by atoms with Crippen LogP contribution in [0.4, 0.5) is 0 Å². The Balaban J connectivity index is 1.77. The average Bonchev–Trinajstić information content (AvgIpc) is 2.96. The van der Waals surface area contributed by atoms with Crippen LogP contribution >= 0.6 is 11.3 Å². The second-order valence-electron chi connectivity index (χ2n) is 5.38. The summed E-state index contributed by atoms with van der Waals surface area (Å²) >= 11 is 1.80. The number of nitrogens with zero attached hydrogens (tertiary/aromatic N) is 2. The Morgan fingerprint density at radius 1 is 1.30 bits per heavy atom. The molecule has 3 rings (SSSR count). The van der Waals surface area contributed by atoms with Crippen LogP contribution in [0.1, 0.15) is 46.3 Å². The zero-order valence-electron chi connectivity index (χ0n) is 11.9. The normalized spacial score (nSPS) is 17.9. The average molecular weight is 287 g/mol. The molecular weight excluding hydrogens is 266 g/mol. The standard InChI is InChI=1S/C16H21N3S/c1-17-11-5-10-15-18-19-16(20-15)14-9-4-7-12-6-2-3-8-13(12)14/h2-3,6,8,14,17H,4-5,7,9-11H2,1H3. The van der Waals surface area contributed by atoms with Crippen molar-refractivity contribution in [1.29, 1.82) is 0 Å². The predicted octanol–water partition coefficient (Wildman–Crippen LogP) is 3.16. The van der Waals surface area contributed by atoms with Crippen molar-refractivity contribution in [2.45, 2.75) is 38.0 Å². The van der Waals surface area contributed by atoms with E-state index in [1.54, 1.807) is 11.3 Å². The van der Waals surface area contributed by atoms with Gasteiger partial charge in [0.2, 0.25) is 0 Å². The van der Waals surface area contributed by atoms with E-state index in [4.69, 9.17) is 0 Å². The van der Waals surface area contributed by atoms with Gasteiger partial charge in [0.1, 0.15) is 10.0 Å². The quantitative estimate of drug-likeness (QED) is 0.858. The summed E-state index contributed by atoms with van der Waals surface area (Å²) in [5.41, 5.74) is 2.97. The van der Waals surface area contributed by atoms with E-state index in [2.05, 4.69) is 39.8 Å². The smallest absolute Gasteiger partial charge is 0.124 e. The van der Waals surface area contributed by atoms with Crippen molar-refractivity contribution in [3.63, 3.8) is 0 Å². The largest absolute Gasteiger partial charge is 0.320 e. The number of aryl methyl sites for hydroxylation is 2. The number of fused-ring (bicyclic) bond motifs is 1. The van der Waals surface area contributed by atoms with Crippen LogP contribution in [-0.4, -0.2) is 23.8 Å². The van der Waals surface area contributed by atoms with Gasteiger partial charge < -0.3 is 5.32 Å². The van der Waals surface area contributed by atoms with Gasteiger partial charge in [0.25, 0.3) is 0 Å². The molecule has 0 saturated heterocycles. The topological polar surface area (TPSA) is 37.8 Å². The fourth-order valence-electron chi connectivity index (χ4n) is 2.94. The Kier molecular flexibility index (Phi) is 4.43. The van der Waals surface area contributed by atoms with E-state index < -0.39 is 0 Å². The highest BCUT2D eigenvalue weighted by Crippen LogP contribution is 2.37. The number of benzene rings is 1. The van der Waals surface area contributed by atoms with E-state index in [0.29, 0.717) is 5.92 Å². The van der Waals surface area contributed by atoms with Gasteiger partial charge in [-0.15, -0.1) is 21.5 Å². The minimum atomic E-state index is 0.468. The molecule has 1 aromatic heterocycles. The van der Waals surface area contributed by atoms with Crippen molar-refractivity contribution in [2.24, 2.45) is 0 Å². The Bertz CT molecular complexity index is 564. The van der Waals surface area contributed by atoms with E-state index in [1.807, 2.05) is 7.05 Å². The molecule has 0 amide bonds. The van der Waals surface area contributed by atoms with Crippen LogP contribution in [0.5, 0.6) is 0 Å². The van der Waals surface area contributed by atoms with Gasteiger partial charge in [-0.05, 0) is 50.4 Å². The summed E-state index contributed by atoms with van der Waals surface area (Å²) in [4.78, 5) is 0. The number of hydrogen-bond donors (Lipinski definition) is 1. The molecule has 3 nitrogen and oxygen atoms in total. The monoisotopic (exact) mass is 287 g/mol. The molecule has 1 heterocycles. The first-order chi connectivity index (χ1) is 9.88. The number of rotatable bonds is 5. The summed E-state index contributed by atoms with van der Waals surface area (Å²) in [6.07, 6.45) is 5.85. The van der Waals surface area contributed by atoms with E-state index >= 15 is 0 Å². The molecule has 2 aromatic rings. The molecule has 0 saturated carbocycles. The Morgan fingerprint density at radius 3 is 3.10 bits per heavy atom. The molecule has 4 heteroatoms. The highest BCUT2D eigenvalue weighted by molar-refractivity contribution is 7.11. The molecule has 0 radical (unpaired) electrons. The molecule has 1 N–H and O–H groups in total. The lowest BCUT2D eigenvalue weighted by atomic mass is 9.83. The van der Waals surface area contributed by atoms with Crippen LogP contribution in [0.25, 0.3) is 0 Å². The first-order valence-corrected chi connectivity index (χ1v) is 8.25. The summed E-state index contributed by atoms with van der Waals surface area (Å²) in [7, 11) is 1.99. The third kappa shape index (κ3) is 2.91. The molecule has 0 fully saturated rings. The summed E-state index contributed by atoms with van der Waals surface area (Å²) in [5.74, 6) is 0.468. The Hall–Kier alpha value is -1.26. The highest BCUT2D eigenvalue weighted by Gasteiger charge is 2.24. The summed E-state index contributed by atoms with van der Waals surface area (Å²) in [6.45, 7) is 1.04. The van der Waals surface area contributed by atoms with E-state index in [0.717, 1.165) is 19.4 Å². The minimum Gasteiger partial charge on any atom is -0.320 e. The third-order valence-electron chi connectivity index (χ3n) is 3.97. The Labute approximate surface area is 124 Å². The first-order valence-electron chi connectivity index (χ1n) is 7.43. The predicted molar refractivity (Wildman–Crippen MR) is 83.4 cm³/mol. The van der Waals surface area contributed by atoms with Gasteiger partial charge in [0, 0.05) is 12.3 Å². The van der Waals surface area contributed by atoms with Crippen LogP contribution in [0, 0.1) is 0 Å². The molecule has 1 unspecified atom stereocenters. The zero-order chi connectivity index (χ0) is 13.8. The lowest BCUT2D eigenvalue weighted by Gasteiger charge is -2.23. The van der Waals surface area contributed by atoms with Crippen molar-refractivity contribution >= 4 is 11.3 Å². The lowest BCUT2D eigenvalue weighted by molar-refractivity contribution is 0.608. The molecule has 1 aliphatic carbocycles. The molecule has 1 atom stereocenters. The molecular formula is C16H21N3S. The van der Waals surface area contributed by atoms with Gasteiger partial charge in [-0.3, -0.25) is 0 Å². The van der Waals surface area contributed by atoms with Crippen molar-refractivity contribution in [2.75, 3.05) is 13.6 Å². The summed E-state index contributed by atoms with van der Waals surface area (Å²) < 4.78 is 0. The SMILES string of the molecule is CNCCCc1nnc(C2CCCc3ccccc32)s1. The molecule has 1 aromatic carbocycles. The van der Waals surface area contributed by atoms with E-state index in [1.165, 1.54) is 40.4 Å². The highest BCUT2D eigenvalue weighted by atomic mass is 32.1. The fraction of sp³-hybridized carbons (Fsp3) is 0.500. The van der Waals surface area contributed by atoms with Gasteiger partial charge in [0.05, 0.1) is 0 Å². The van der Waals surface area contributed by atoms with Gasteiger partial charge in [-0.25, -0.2) is 0 Å². The van der Waals surface area contributed by atoms with E-state index in [9.17, 15) is 0 Å². The molecule has 106 valence electrons. The Morgan fingerprint density at radius 2 is 2.20 bits per heavy atom. The number of hydrogen-bond acceptors (Lipinski definition) is 4. The zero-order valence-corrected chi connectivity index (χ0v) is 12.7. The second-order valence-corrected chi connectivity index (χ2v) is 6.48. The number of aromatic nitrogens is 2. The van der Waals surface area contributed by atoms with Crippen LogP contribution in [0.3, 0.4) is 0 Å². The van der Waals surface area contributed by atoms with Crippen molar-refractivity contribution in [1.82, 2.24) is 15.5 Å². The summed E-state index contributed by atoms with van der Waals surface area (Å²) in [6, 6.07) is 8.81. The maximum atomic E-state index is 4.47. The van der Waals surface area contributed by atoms with Crippen LogP contribution in [0.15, 0.2) is 24.3 Å². The van der Waals surface area contributed by atoms with Crippen molar-refractivity contribution < 1.29 is 0 Å². The van der Waals surface area contributed by atoms with Gasteiger partial charge in [0.15, 0.2) is 0 Å². The molecule has 20 heavy (non-hydrogen) atoms. The van der Waals surface area contributed by atoms with Gasteiger partial charge >= 0.3 is 0 Å². The van der Waals surface area contributed by atoms with E-state index in [-0.39, 0.29) is 0 Å². The minimum absolute atomic E-state index is 0.468. The molecule has 0 spiro atoms. The van der Waals surface area contributed by atoms with Crippen LogP contribution in [-0.2, 0) is 12.8 Å². The van der Waals surface area contributed by atoms with Crippen LogP contribution in [0.2, 0.25) is 0 Å². The maximum absolute atomic E-state index is 4.47. The lowest BCUT2D eigenvalue weighted by Crippen LogP contribution is -2.10. The molecule has 0 aliphatic heterocycles. The molecule has 1 aliphatic rings. The maximum Gasteiger partial charge on any atom is 0.124 e. The molecule has 0 bridgehead atoms. The van der Waals surface area contributed by atoms with Gasteiger partial charge in [-0.2, -0.15) is 0 Å². The summed E-state index contributed by atoms with van der Waals surface area (Å²) in [5, 5.41) is 14.4. The first kappa shape index (κ1) is 13.7. The fourth-order valence-corrected chi connectivity index (χ4v) is 3.97. The van der Waals surface area contributed by atoms with Crippen molar-refractivity contribution in [3.05, 3.63) is 45.4 Å². The second kappa shape index (κ2) is 6.46. The van der Waals surface area contributed by atoms with Crippen LogP contribution < -0.4 is 5.32 Å². The third-order valence-corrected chi connectivity index (χ3v) is 5.06.